The predicted octanol–water partition coefficient (Wildman–Crippen LogP) is 3.61. The molecule has 0 atom stereocenters. The van der Waals surface area contributed by atoms with Gasteiger partial charge in [-0.25, -0.2) is 30.4 Å². The fourth-order valence-electron chi connectivity index (χ4n) is 2.16. The number of sulfonamides is 1. The highest BCUT2D eigenvalue weighted by Gasteiger charge is 2.27. The summed E-state index contributed by atoms with van der Waals surface area (Å²) in [5.74, 6) is -12.1. The molecule has 0 radical (unpaired) electrons. The van der Waals surface area contributed by atoms with Gasteiger partial charge in [-0.2, -0.15) is 5.26 Å². The van der Waals surface area contributed by atoms with Gasteiger partial charge < -0.3 is 4.74 Å². The lowest BCUT2D eigenvalue weighted by Gasteiger charge is -2.09. The number of nitro benzene ring substituents is 1. The maximum atomic E-state index is 13.8. The molecule has 0 aliphatic carbocycles. The molecule has 0 fully saturated rings. The highest BCUT2D eigenvalue weighted by molar-refractivity contribution is 7.96. The van der Waals surface area contributed by atoms with Gasteiger partial charge in [-0.05, 0) is 18.2 Å². The van der Waals surface area contributed by atoms with E-state index in [9.17, 15) is 40.5 Å². The molecule has 0 heterocycles. The number of nitriles is 1. The Hall–Kier alpha value is -3.73. The molecule has 0 aromatic heterocycles. The van der Waals surface area contributed by atoms with Crippen LogP contribution in [0.25, 0.3) is 6.08 Å². The number of benzene rings is 2. The van der Waals surface area contributed by atoms with Crippen molar-refractivity contribution in [3.63, 3.8) is 0 Å². The molecule has 14 heteroatoms. The van der Waals surface area contributed by atoms with Gasteiger partial charge >= 0.3 is 5.69 Å². The Morgan fingerprint density at radius 2 is 1.67 bits per heavy atom. The summed E-state index contributed by atoms with van der Waals surface area (Å²) in [6.07, 6.45) is -0.0590. The van der Waals surface area contributed by atoms with Crippen molar-refractivity contribution in [2.45, 2.75) is 0 Å². The van der Waals surface area contributed by atoms with Crippen LogP contribution in [0.2, 0.25) is 0 Å². The van der Waals surface area contributed by atoms with Gasteiger partial charge in [-0.1, -0.05) is 0 Å². The minimum atomic E-state index is -4.94. The SMILES string of the molecule is COc1ccc(NS(=O)(=O)/C(C#N)=C/c2c(F)c(F)c(F)c(F)c2F)cc1[N+](=O)[O-]. The molecule has 2 aromatic carbocycles. The van der Waals surface area contributed by atoms with Crippen molar-refractivity contribution >= 4 is 27.5 Å². The predicted molar refractivity (Wildman–Crippen MR) is 92.0 cm³/mol. The molecular formula is C16H8F5N3O5S. The lowest BCUT2D eigenvalue weighted by Crippen LogP contribution is -2.15. The number of nitro groups is 1. The quantitative estimate of drug-likeness (QED) is 0.180. The molecule has 0 spiro atoms. The van der Waals surface area contributed by atoms with E-state index in [1.165, 1.54) is 0 Å². The van der Waals surface area contributed by atoms with Crippen molar-refractivity contribution < 1.29 is 40.0 Å². The molecule has 0 aliphatic heterocycles. The van der Waals surface area contributed by atoms with Crippen molar-refractivity contribution in [3.05, 3.63) is 67.9 Å². The molecule has 0 unspecified atom stereocenters. The summed E-state index contributed by atoms with van der Waals surface area (Å²) >= 11 is 0. The molecule has 0 saturated heterocycles. The van der Waals surface area contributed by atoms with Gasteiger partial charge in [-0.3, -0.25) is 14.8 Å². The third-order valence-electron chi connectivity index (χ3n) is 3.55. The summed E-state index contributed by atoms with van der Waals surface area (Å²) < 4.78 is 98.3. The topological polar surface area (TPSA) is 122 Å². The van der Waals surface area contributed by atoms with E-state index in [0.29, 0.717) is 0 Å². The van der Waals surface area contributed by atoms with E-state index >= 15 is 0 Å². The Bertz CT molecular complexity index is 1200. The highest BCUT2D eigenvalue weighted by atomic mass is 32.2. The number of hydrogen-bond acceptors (Lipinski definition) is 6. The van der Waals surface area contributed by atoms with E-state index in [0.717, 1.165) is 31.4 Å². The Kier molecular flexibility index (Phi) is 6.26. The van der Waals surface area contributed by atoms with Crippen LogP contribution in [0.4, 0.5) is 33.3 Å². The minimum Gasteiger partial charge on any atom is -0.490 e. The van der Waals surface area contributed by atoms with E-state index in [1.54, 1.807) is 4.72 Å². The second kappa shape index (κ2) is 8.33. The largest absolute Gasteiger partial charge is 0.490 e. The van der Waals surface area contributed by atoms with Gasteiger partial charge in [0.25, 0.3) is 10.0 Å². The third-order valence-corrected chi connectivity index (χ3v) is 4.84. The number of halogens is 5. The number of nitrogens with zero attached hydrogens (tertiary/aromatic N) is 2. The number of rotatable bonds is 6. The maximum Gasteiger partial charge on any atom is 0.312 e. The molecule has 2 aromatic rings. The zero-order valence-corrected chi connectivity index (χ0v) is 15.4. The smallest absolute Gasteiger partial charge is 0.312 e. The van der Waals surface area contributed by atoms with E-state index in [1.807, 2.05) is 0 Å². The average molecular weight is 449 g/mol. The molecule has 0 amide bonds. The van der Waals surface area contributed by atoms with Crippen molar-refractivity contribution in [2.24, 2.45) is 0 Å². The van der Waals surface area contributed by atoms with Gasteiger partial charge in [-0.15, -0.1) is 0 Å². The Morgan fingerprint density at radius 3 is 2.13 bits per heavy atom. The zero-order valence-electron chi connectivity index (χ0n) is 14.5. The summed E-state index contributed by atoms with van der Waals surface area (Å²) in [4.78, 5) is 8.67. The van der Waals surface area contributed by atoms with Gasteiger partial charge in [0.2, 0.25) is 5.82 Å². The van der Waals surface area contributed by atoms with Crippen molar-refractivity contribution in [1.82, 2.24) is 0 Å². The summed E-state index contributed by atoms with van der Waals surface area (Å²) in [6.45, 7) is 0. The summed E-state index contributed by atoms with van der Waals surface area (Å²) in [6, 6.07) is 3.82. The Morgan fingerprint density at radius 1 is 1.13 bits per heavy atom. The normalized spacial score (nSPS) is 11.7. The molecule has 2 rings (SSSR count). The first-order chi connectivity index (χ1) is 13.9. The van der Waals surface area contributed by atoms with Crippen LogP contribution < -0.4 is 9.46 Å². The molecule has 0 aliphatic rings. The fraction of sp³-hybridized carbons (Fsp3) is 0.0625. The molecule has 0 bridgehead atoms. The van der Waals surface area contributed by atoms with Gasteiger partial charge in [0.05, 0.1) is 23.3 Å². The highest BCUT2D eigenvalue weighted by Crippen LogP contribution is 2.31. The van der Waals surface area contributed by atoms with E-state index < -0.39 is 65.9 Å². The second-order valence-electron chi connectivity index (χ2n) is 5.35. The summed E-state index contributed by atoms with van der Waals surface area (Å²) in [7, 11) is -3.82. The standard InChI is InChI=1S/C16H8F5N3O5S/c1-29-11-3-2-7(4-10(11)24(25)26)23-30(27,28)8(6-22)5-9-12(17)14(19)16(21)15(20)13(9)18/h2-5,23H,1H3/b8-5+. The lowest BCUT2D eigenvalue weighted by molar-refractivity contribution is -0.385. The molecule has 158 valence electrons. The number of ether oxygens (including phenoxy) is 1. The van der Waals surface area contributed by atoms with Crippen molar-refractivity contribution in [1.29, 1.82) is 5.26 Å². The molecular weight excluding hydrogens is 441 g/mol. The van der Waals surface area contributed by atoms with Crippen LogP contribution in [0.3, 0.4) is 0 Å². The maximum absolute atomic E-state index is 13.8. The number of anilines is 1. The first-order valence-electron chi connectivity index (χ1n) is 7.43. The first kappa shape index (κ1) is 22.6. The summed E-state index contributed by atoms with van der Waals surface area (Å²) in [5, 5.41) is 20.0. The number of methoxy groups -OCH3 is 1. The molecule has 30 heavy (non-hydrogen) atoms. The number of hydrogen-bond donors (Lipinski definition) is 1. The molecule has 8 nitrogen and oxygen atoms in total. The van der Waals surface area contributed by atoms with E-state index in [4.69, 9.17) is 10.00 Å². The Labute approximate surface area is 165 Å². The first-order valence-corrected chi connectivity index (χ1v) is 8.91. The lowest BCUT2D eigenvalue weighted by atomic mass is 10.1. The Balaban J connectivity index is 2.56. The third kappa shape index (κ3) is 4.15. The molecule has 1 N–H and O–H groups in total. The molecule has 0 saturated carbocycles. The summed E-state index contributed by atoms with van der Waals surface area (Å²) in [5.41, 5.74) is -2.75. The van der Waals surface area contributed by atoms with Gasteiger partial charge in [0.15, 0.2) is 33.9 Å². The van der Waals surface area contributed by atoms with Crippen LogP contribution in [0.1, 0.15) is 5.56 Å². The van der Waals surface area contributed by atoms with Crippen LogP contribution >= 0.6 is 0 Å². The monoisotopic (exact) mass is 449 g/mol. The van der Waals surface area contributed by atoms with Crippen molar-refractivity contribution in [2.75, 3.05) is 11.8 Å². The number of nitrogens with one attached hydrogen (secondary N) is 1. The van der Waals surface area contributed by atoms with Crippen LogP contribution in [-0.4, -0.2) is 20.5 Å². The van der Waals surface area contributed by atoms with Gasteiger partial charge in [0.1, 0.15) is 6.07 Å². The fourth-order valence-corrected chi connectivity index (χ4v) is 3.10. The second-order valence-corrected chi connectivity index (χ2v) is 7.00. The van der Waals surface area contributed by atoms with E-state index in [-0.39, 0.29) is 11.8 Å². The minimum absolute atomic E-state index is 0.0590. The van der Waals surface area contributed by atoms with Crippen LogP contribution in [-0.2, 0) is 10.0 Å². The van der Waals surface area contributed by atoms with E-state index in [2.05, 4.69) is 0 Å². The average Bonchev–Trinajstić information content (AvgIpc) is 2.70. The van der Waals surface area contributed by atoms with Gasteiger partial charge in [0, 0.05) is 6.07 Å². The van der Waals surface area contributed by atoms with Crippen LogP contribution in [0.15, 0.2) is 23.1 Å². The van der Waals surface area contributed by atoms with Crippen LogP contribution in [0.5, 0.6) is 5.75 Å². The van der Waals surface area contributed by atoms with Crippen molar-refractivity contribution in [3.8, 4) is 11.8 Å². The number of allylic oxidation sites excluding steroid dienone is 1. The van der Waals surface area contributed by atoms with Crippen LogP contribution in [0, 0.1) is 50.5 Å². The zero-order chi connectivity index (χ0) is 22.8.